The third-order valence-corrected chi connectivity index (χ3v) is 6.13. The van der Waals surface area contributed by atoms with E-state index in [4.69, 9.17) is 0 Å². The summed E-state index contributed by atoms with van der Waals surface area (Å²) in [5, 5.41) is 7.62. The maximum Gasteiger partial charge on any atom is 0.263 e. The minimum atomic E-state index is -3.59. The van der Waals surface area contributed by atoms with Gasteiger partial charge in [0.15, 0.2) is 0 Å². The molecule has 2 heterocycles. The predicted octanol–water partition coefficient (Wildman–Crippen LogP) is 0.648. The SMILES string of the molecule is CN(C)S(=O)(=O)c1ccsc1C(=O)NCC1=CCNCC1. The largest absolute Gasteiger partial charge is 0.348 e. The van der Waals surface area contributed by atoms with Crippen molar-refractivity contribution in [3.63, 3.8) is 0 Å². The lowest BCUT2D eigenvalue weighted by Crippen LogP contribution is -2.31. The highest BCUT2D eigenvalue weighted by Gasteiger charge is 2.25. The van der Waals surface area contributed by atoms with Crippen LogP contribution in [0, 0.1) is 0 Å². The van der Waals surface area contributed by atoms with Crippen LogP contribution in [0.2, 0.25) is 0 Å². The van der Waals surface area contributed by atoms with Gasteiger partial charge in [0.05, 0.1) is 0 Å². The van der Waals surface area contributed by atoms with Crippen LogP contribution in [-0.4, -0.2) is 52.4 Å². The van der Waals surface area contributed by atoms with E-state index in [0.717, 1.165) is 40.7 Å². The average molecular weight is 329 g/mol. The number of thiophene rings is 1. The fourth-order valence-corrected chi connectivity index (χ4v) is 4.18. The minimum absolute atomic E-state index is 0.0642. The molecule has 21 heavy (non-hydrogen) atoms. The Morgan fingerprint density at radius 1 is 1.48 bits per heavy atom. The Morgan fingerprint density at radius 2 is 2.24 bits per heavy atom. The highest BCUT2D eigenvalue weighted by Crippen LogP contribution is 2.24. The number of nitrogens with zero attached hydrogens (tertiary/aromatic N) is 1. The summed E-state index contributed by atoms with van der Waals surface area (Å²) in [6.07, 6.45) is 2.95. The number of hydrogen-bond acceptors (Lipinski definition) is 5. The topological polar surface area (TPSA) is 78.5 Å². The molecule has 116 valence electrons. The maximum atomic E-state index is 12.2. The smallest absolute Gasteiger partial charge is 0.263 e. The van der Waals surface area contributed by atoms with E-state index >= 15 is 0 Å². The molecule has 0 fully saturated rings. The van der Waals surface area contributed by atoms with E-state index in [1.54, 1.807) is 5.38 Å². The molecular weight excluding hydrogens is 310 g/mol. The number of amides is 1. The van der Waals surface area contributed by atoms with E-state index in [9.17, 15) is 13.2 Å². The van der Waals surface area contributed by atoms with Crippen molar-refractivity contribution in [3.8, 4) is 0 Å². The molecule has 1 aromatic heterocycles. The van der Waals surface area contributed by atoms with Crippen LogP contribution in [0.15, 0.2) is 28.0 Å². The first-order chi connectivity index (χ1) is 9.93. The van der Waals surface area contributed by atoms with Gasteiger partial charge < -0.3 is 10.6 Å². The third kappa shape index (κ3) is 3.70. The van der Waals surface area contributed by atoms with E-state index in [0.29, 0.717) is 6.54 Å². The van der Waals surface area contributed by atoms with Crippen LogP contribution >= 0.6 is 11.3 Å². The van der Waals surface area contributed by atoms with E-state index in [-0.39, 0.29) is 15.7 Å². The molecule has 1 aliphatic heterocycles. The Balaban J connectivity index is 2.10. The van der Waals surface area contributed by atoms with Gasteiger partial charge in [-0.05, 0) is 24.4 Å². The number of carbonyl (C=O) groups is 1. The lowest BCUT2D eigenvalue weighted by Gasteiger charge is -2.15. The van der Waals surface area contributed by atoms with Crippen molar-refractivity contribution >= 4 is 27.3 Å². The second-order valence-electron chi connectivity index (χ2n) is 4.90. The standard InChI is InChI=1S/C13H19N3O3S2/c1-16(2)21(18,19)11-5-8-20-12(11)13(17)15-9-10-3-6-14-7-4-10/h3,5,8,14H,4,6-7,9H2,1-2H3,(H,15,17). The number of carbonyl (C=O) groups excluding carboxylic acids is 1. The summed E-state index contributed by atoms with van der Waals surface area (Å²) < 4.78 is 25.4. The zero-order valence-electron chi connectivity index (χ0n) is 12.0. The molecule has 0 unspecified atom stereocenters. The van der Waals surface area contributed by atoms with Crippen LogP contribution in [0.5, 0.6) is 0 Å². The molecule has 1 aromatic rings. The minimum Gasteiger partial charge on any atom is -0.348 e. The molecule has 0 saturated heterocycles. The average Bonchev–Trinajstić information content (AvgIpc) is 2.96. The Bertz CT molecular complexity index is 647. The number of sulfonamides is 1. The lowest BCUT2D eigenvalue weighted by atomic mass is 10.1. The fraction of sp³-hybridized carbons (Fsp3) is 0.462. The molecule has 6 nitrogen and oxygen atoms in total. The van der Waals surface area contributed by atoms with Gasteiger partial charge in [0.1, 0.15) is 9.77 Å². The second kappa shape index (κ2) is 6.69. The van der Waals surface area contributed by atoms with Crippen LogP contribution in [0.1, 0.15) is 16.1 Å². The highest BCUT2D eigenvalue weighted by molar-refractivity contribution is 7.89. The molecule has 0 radical (unpaired) electrons. The first-order valence-corrected chi connectivity index (χ1v) is 8.91. The van der Waals surface area contributed by atoms with Gasteiger partial charge in [0, 0.05) is 27.2 Å². The van der Waals surface area contributed by atoms with Crippen molar-refractivity contribution in [1.82, 2.24) is 14.9 Å². The zero-order valence-corrected chi connectivity index (χ0v) is 13.7. The van der Waals surface area contributed by atoms with E-state index in [1.807, 2.05) is 0 Å². The van der Waals surface area contributed by atoms with Gasteiger partial charge in [0.2, 0.25) is 10.0 Å². The van der Waals surface area contributed by atoms with E-state index in [1.165, 1.54) is 20.2 Å². The Hall–Kier alpha value is -1.22. The van der Waals surface area contributed by atoms with Gasteiger partial charge >= 0.3 is 0 Å². The summed E-state index contributed by atoms with van der Waals surface area (Å²) in [5.41, 5.74) is 1.16. The molecule has 0 bridgehead atoms. The van der Waals surface area contributed by atoms with E-state index < -0.39 is 10.0 Å². The van der Waals surface area contributed by atoms with Crippen molar-refractivity contribution in [2.75, 3.05) is 33.7 Å². The Morgan fingerprint density at radius 3 is 2.86 bits per heavy atom. The predicted molar refractivity (Wildman–Crippen MR) is 83.1 cm³/mol. The molecule has 2 N–H and O–H groups in total. The van der Waals surface area contributed by atoms with Gasteiger partial charge in [-0.25, -0.2) is 12.7 Å². The maximum absolute atomic E-state index is 12.2. The quantitative estimate of drug-likeness (QED) is 0.778. The van der Waals surface area contributed by atoms with Crippen molar-refractivity contribution in [1.29, 1.82) is 0 Å². The van der Waals surface area contributed by atoms with Crippen LogP contribution in [0.25, 0.3) is 0 Å². The molecule has 0 aliphatic carbocycles. The summed E-state index contributed by atoms with van der Waals surface area (Å²) in [6, 6.07) is 1.47. The summed E-state index contributed by atoms with van der Waals surface area (Å²) >= 11 is 1.14. The molecule has 8 heteroatoms. The van der Waals surface area contributed by atoms with Crippen molar-refractivity contribution in [2.24, 2.45) is 0 Å². The van der Waals surface area contributed by atoms with Crippen molar-refractivity contribution < 1.29 is 13.2 Å². The number of rotatable bonds is 5. The van der Waals surface area contributed by atoms with Gasteiger partial charge in [-0.2, -0.15) is 0 Å². The first-order valence-electron chi connectivity index (χ1n) is 6.60. The van der Waals surface area contributed by atoms with E-state index in [2.05, 4.69) is 16.7 Å². The van der Waals surface area contributed by atoms with Crippen molar-refractivity contribution in [3.05, 3.63) is 28.0 Å². The second-order valence-corrected chi connectivity index (χ2v) is 7.94. The molecular formula is C13H19N3O3S2. The monoisotopic (exact) mass is 329 g/mol. The molecule has 0 aromatic carbocycles. The number of hydrogen-bond donors (Lipinski definition) is 2. The fourth-order valence-electron chi connectivity index (χ4n) is 1.97. The summed E-state index contributed by atoms with van der Waals surface area (Å²) in [4.78, 5) is 12.5. The van der Waals surface area contributed by atoms with Crippen LogP contribution < -0.4 is 10.6 Å². The van der Waals surface area contributed by atoms with Gasteiger partial charge in [0.25, 0.3) is 5.91 Å². The summed E-state index contributed by atoms with van der Waals surface area (Å²) in [5.74, 6) is -0.343. The van der Waals surface area contributed by atoms with Crippen LogP contribution in [0.3, 0.4) is 0 Å². The number of nitrogens with one attached hydrogen (secondary N) is 2. The van der Waals surface area contributed by atoms with Gasteiger partial charge in [-0.3, -0.25) is 4.79 Å². The molecule has 1 amide bonds. The molecule has 0 saturated carbocycles. The third-order valence-electron chi connectivity index (χ3n) is 3.23. The Kier molecular flexibility index (Phi) is 5.15. The van der Waals surface area contributed by atoms with Crippen molar-refractivity contribution in [2.45, 2.75) is 11.3 Å². The van der Waals surface area contributed by atoms with Gasteiger partial charge in [-0.15, -0.1) is 11.3 Å². The first kappa shape index (κ1) is 16.2. The van der Waals surface area contributed by atoms with Gasteiger partial charge in [-0.1, -0.05) is 11.6 Å². The zero-order chi connectivity index (χ0) is 15.5. The van der Waals surface area contributed by atoms with Crippen LogP contribution in [-0.2, 0) is 10.0 Å². The van der Waals surface area contributed by atoms with Crippen LogP contribution in [0.4, 0.5) is 0 Å². The molecule has 1 aliphatic rings. The highest BCUT2D eigenvalue weighted by atomic mass is 32.2. The summed E-state index contributed by atoms with van der Waals surface area (Å²) in [7, 11) is -0.688. The molecule has 0 spiro atoms. The molecule has 0 atom stereocenters. The normalized spacial score (nSPS) is 15.9. The summed E-state index contributed by atoms with van der Waals surface area (Å²) in [6.45, 7) is 2.17. The molecule has 2 rings (SSSR count). The lowest BCUT2D eigenvalue weighted by molar-refractivity contribution is 0.0957. The Labute approximate surface area is 128 Å².